The molecule has 0 aliphatic rings. The monoisotopic (exact) mass is 412 g/mol. The molecule has 3 rings (SSSR count). The molecule has 28 heavy (non-hydrogen) atoms. The van der Waals surface area contributed by atoms with Gasteiger partial charge in [0.2, 0.25) is 15.9 Å². The number of sulfonamides is 1. The number of hydrogen-bond donors (Lipinski definition) is 1. The van der Waals surface area contributed by atoms with Gasteiger partial charge >= 0.3 is 0 Å². The number of benzene rings is 2. The molecule has 0 saturated heterocycles. The summed E-state index contributed by atoms with van der Waals surface area (Å²) >= 11 is 0. The van der Waals surface area contributed by atoms with E-state index in [4.69, 9.17) is 4.74 Å². The molecule has 0 spiro atoms. The molecule has 0 radical (unpaired) electrons. The van der Waals surface area contributed by atoms with Crippen LogP contribution in [0.25, 0.3) is 0 Å². The topological polar surface area (TPSA) is 68.3 Å². The minimum Gasteiger partial charge on any atom is -0.439 e. The largest absolute Gasteiger partial charge is 0.439 e. The van der Waals surface area contributed by atoms with Gasteiger partial charge in [0.25, 0.3) is 0 Å². The van der Waals surface area contributed by atoms with Gasteiger partial charge in [-0.05, 0) is 29.8 Å². The van der Waals surface area contributed by atoms with E-state index < -0.39 is 38.2 Å². The highest BCUT2D eigenvalue weighted by Crippen LogP contribution is 2.21. The molecule has 0 aliphatic heterocycles. The molecule has 1 N–H and O–H groups in total. The summed E-state index contributed by atoms with van der Waals surface area (Å²) in [6.45, 7) is -0.317. The summed E-state index contributed by atoms with van der Waals surface area (Å²) in [5.74, 6) is -4.19. The number of aromatic nitrogens is 1. The molecule has 0 bridgehead atoms. The highest BCUT2D eigenvalue weighted by Gasteiger charge is 2.24. The molecule has 10 heteroatoms. The Labute approximate surface area is 157 Å². The van der Waals surface area contributed by atoms with E-state index in [0.717, 1.165) is 0 Å². The third kappa shape index (κ3) is 4.65. The summed E-state index contributed by atoms with van der Waals surface area (Å²) < 4.78 is 84.7. The van der Waals surface area contributed by atoms with Crippen molar-refractivity contribution in [1.82, 2.24) is 9.71 Å². The lowest BCUT2D eigenvalue weighted by molar-refractivity contribution is 0.461. The fourth-order valence-electron chi connectivity index (χ4n) is 2.24. The Balaban J connectivity index is 1.68. The molecule has 5 nitrogen and oxygen atoms in total. The molecule has 1 heterocycles. The van der Waals surface area contributed by atoms with Crippen molar-refractivity contribution in [2.75, 3.05) is 0 Å². The minimum atomic E-state index is -4.56. The van der Waals surface area contributed by atoms with Crippen LogP contribution in [-0.4, -0.2) is 13.4 Å². The first kappa shape index (κ1) is 19.8. The van der Waals surface area contributed by atoms with E-state index in [1.165, 1.54) is 42.6 Å². The maximum absolute atomic E-state index is 13.7. The zero-order valence-electron chi connectivity index (χ0n) is 14.0. The lowest BCUT2D eigenvalue weighted by atomic mass is 10.3. The quantitative estimate of drug-likeness (QED) is 0.624. The SMILES string of the molecule is O=S(=O)(NCc1ccc(Oc2ccc(F)cc2)nc1)c1c(F)cc(F)cc1F. The standard InChI is InChI=1S/C18H12F4N2O3S/c19-12-2-4-14(5-3-12)27-17-6-1-11(9-23-17)10-24-28(25,26)18-15(21)7-13(20)8-16(18)22/h1-9,24H,10H2. The van der Waals surface area contributed by atoms with E-state index in [2.05, 4.69) is 4.98 Å². The average Bonchev–Trinajstić information content (AvgIpc) is 2.62. The lowest BCUT2D eigenvalue weighted by Gasteiger charge is -2.09. The van der Waals surface area contributed by atoms with Crippen LogP contribution in [0.3, 0.4) is 0 Å². The highest BCUT2D eigenvalue weighted by atomic mass is 32.2. The van der Waals surface area contributed by atoms with Gasteiger partial charge in [-0.25, -0.2) is 35.7 Å². The molecule has 0 unspecified atom stereocenters. The maximum atomic E-state index is 13.7. The summed E-state index contributed by atoms with van der Waals surface area (Å²) in [6, 6.07) is 8.72. The second kappa shape index (κ2) is 7.95. The Morgan fingerprint density at radius 1 is 0.893 bits per heavy atom. The first-order chi connectivity index (χ1) is 13.2. The second-order valence-electron chi connectivity index (χ2n) is 5.58. The van der Waals surface area contributed by atoms with Gasteiger partial charge in [0.15, 0.2) is 4.90 Å². The Hall–Kier alpha value is -2.98. The van der Waals surface area contributed by atoms with Crippen LogP contribution >= 0.6 is 0 Å². The van der Waals surface area contributed by atoms with Crippen LogP contribution in [0.2, 0.25) is 0 Å². The van der Waals surface area contributed by atoms with E-state index in [1.54, 1.807) is 0 Å². The van der Waals surface area contributed by atoms with Gasteiger partial charge in [0, 0.05) is 30.9 Å². The Bertz CT molecular complexity index is 1070. The Morgan fingerprint density at radius 3 is 2.11 bits per heavy atom. The van der Waals surface area contributed by atoms with Crippen molar-refractivity contribution < 1.29 is 30.7 Å². The fourth-order valence-corrected chi connectivity index (χ4v) is 3.37. The van der Waals surface area contributed by atoms with Crippen LogP contribution in [0, 0.1) is 23.3 Å². The van der Waals surface area contributed by atoms with Gasteiger partial charge in [-0.15, -0.1) is 0 Å². The van der Waals surface area contributed by atoms with Crippen molar-refractivity contribution in [3.05, 3.63) is 83.6 Å². The van der Waals surface area contributed by atoms with Gasteiger partial charge in [0.05, 0.1) is 0 Å². The van der Waals surface area contributed by atoms with Crippen molar-refractivity contribution >= 4 is 10.0 Å². The molecular weight excluding hydrogens is 400 g/mol. The summed E-state index contributed by atoms with van der Waals surface area (Å²) in [7, 11) is -4.56. The lowest BCUT2D eigenvalue weighted by Crippen LogP contribution is -2.25. The van der Waals surface area contributed by atoms with E-state index >= 15 is 0 Å². The van der Waals surface area contributed by atoms with Crippen LogP contribution in [0.4, 0.5) is 17.6 Å². The first-order valence-corrected chi connectivity index (χ1v) is 9.25. The molecule has 2 aromatic carbocycles. The number of nitrogens with one attached hydrogen (secondary N) is 1. The molecule has 0 amide bonds. The van der Waals surface area contributed by atoms with Crippen molar-refractivity contribution in [2.24, 2.45) is 0 Å². The Morgan fingerprint density at radius 2 is 1.54 bits per heavy atom. The zero-order chi connectivity index (χ0) is 20.3. The van der Waals surface area contributed by atoms with Crippen molar-refractivity contribution in [2.45, 2.75) is 11.4 Å². The van der Waals surface area contributed by atoms with Gasteiger partial charge in [-0.1, -0.05) is 6.07 Å². The van der Waals surface area contributed by atoms with Gasteiger partial charge < -0.3 is 4.74 Å². The molecule has 0 saturated carbocycles. The number of rotatable bonds is 6. The van der Waals surface area contributed by atoms with Crippen LogP contribution in [0.15, 0.2) is 59.6 Å². The van der Waals surface area contributed by atoms with Crippen LogP contribution < -0.4 is 9.46 Å². The molecule has 3 aromatic rings. The van der Waals surface area contributed by atoms with E-state index in [9.17, 15) is 26.0 Å². The number of nitrogens with zero attached hydrogens (tertiary/aromatic N) is 1. The van der Waals surface area contributed by atoms with Gasteiger partial charge in [-0.2, -0.15) is 0 Å². The fraction of sp³-hybridized carbons (Fsp3) is 0.0556. The molecule has 0 fully saturated rings. The smallest absolute Gasteiger partial charge is 0.246 e. The van der Waals surface area contributed by atoms with E-state index in [1.807, 2.05) is 4.72 Å². The summed E-state index contributed by atoms with van der Waals surface area (Å²) in [5, 5.41) is 0. The van der Waals surface area contributed by atoms with Crippen molar-refractivity contribution in [1.29, 1.82) is 0 Å². The first-order valence-electron chi connectivity index (χ1n) is 7.77. The average molecular weight is 412 g/mol. The highest BCUT2D eigenvalue weighted by molar-refractivity contribution is 7.89. The molecular formula is C18H12F4N2O3S. The number of pyridine rings is 1. The number of ether oxygens (including phenoxy) is 1. The van der Waals surface area contributed by atoms with E-state index in [0.29, 0.717) is 11.3 Å². The number of halogens is 4. The number of hydrogen-bond acceptors (Lipinski definition) is 4. The van der Waals surface area contributed by atoms with Crippen LogP contribution in [-0.2, 0) is 16.6 Å². The summed E-state index contributed by atoms with van der Waals surface area (Å²) in [6.07, 6.45) is 1.29. The van der Waals surface area contributed by atoms with Gasteiger partial charge in [-0.3, -0.25) is 0 Å². The normalized spacial score (nSPS) is 11.4. The van der Waals surface area contributed by atoms with E-state index in [-0.39, 0.29) is 24.6 Å². The molecule has 0 aliphatic carbocycles. The Kier molecular flexibility index (Phi) is 5.61. The minimum absolute atomic E-state index is 0.175. The molecule has 146 valence electrons. The third-order valence-corrected chi connectivity index (χ3v) is 4.98. The third-order valence-electron chi connectivity index (χ3n) is 3.53. The van der Waals surface area contributed by atoms with Crippen LogP contribution in [0.1, 0.15) is 5.56 Å². The van der Waals surface area contributed by atoms with Gasteiger partial charge in [0.1, 0.15) is 29.0 Å². The summed E-state index contributed by atoms with van der Waals surface area (Å²) in [5.41, 5.74) is 0.373. The van der Waals surface area contributed by atoms with Crippen molar-refractivity contribution in [3.8, 4) is 11.6 Å². The molecule has 1 aromatic heterocycles. The van der Waals surface area contributed by atoms with Crippen molar-refractivity contribution in [3.63, 3.8) is 0 Å². The predicted molar refractivity (Wildman–Crippen MR) is 91.1 cm³/mol. The second-order valence-corrected chi connectivity index (χ2v) is 7.29. The molecule has 0 atom stereocenters. The van der Waals surface area contributed by atoms with Crippen LogP contribution in [0.5, 0.6) is 11.6 Å². The zero-order valence-corrected chi connectivity index (χ0v) is 14.8. The predicted octanol–water partition coefficient (Wildman–Crippen LogP) is 3.91. The maximum Gasteiger partial charge on any atom is 0.246 e. The summed E-state index contributed by atoms with van der Waals surface area (Å²) in [4.78, 5) is 2.70.